The molecule has 0 aliphatic heterocycles. The first-order valence-corrected chi connectivity index (χ1v) is 6.35. The molecule has 0 heterocycles. The van der Waals surface area contributed by atoms with Crippen molar-refractivity contribution in [2.45, 2.75) is 6.61 Å². The van der Waals surface area contributed by atoms with E-state index in [-0.39, 0.29) is 28.5 Å². The molecule has 8 heteroatoms. The number of nitro groups is 1. The molecular formula is C14H9ClFNO5. The summed E-state index contributed by atoms with van der Waals surface area (Å²) in [6, 6.07) is 7.15. The number of benzene rings is 2. The van der Waals surface area contributed by atoms with E-state index in [0.717, 1.165) is 18.2 Å². The highest BCUT2D eigenvalue weighted by Crippen LogP contribution is 2.30. The molecule has 0 bridgehead atoms. The predicted octanol–water partition coefficient (Wildman–Crippen LogP) is 3.66. The summed E-state index contributed by atoms with van der Waals surface area (Å²) in [4.78, 5) is 21.1. The van der Waals surface area contributed by atoms with Crippen molar-refractivity contribution in [3.05, 3.63) is 68.5 Å². The Balaban J connectivity index is 2.33. The van der Waals surface area contributed by atoms with Crippen LogP contribution in [0.5, 0.6) is 5.75 Å². The smallest absolute Gasteiger partial charge is 0.335 e. The largest absolute Gasteiger partial charge is 0.482 e. The van der Waals surface area contributed by atoms with Gasteiger partial charge >= 0.3 is 11.7 Å². The summed E-state index contributed by atoms with van der Waals surface area (Å²) in [5.41, 5.74) is -0.572. The summed E-state index contributed by atoms with van der Waals surface area (Å²) in [5, 5.41) is 19.9. The summed E-state index contributed by atoms with van der Waals surface area (Å²) in [7, 11) is 0. The van der Waals surface area contributed by atoms with Crippen molar-refractivity contribution >= 4 is 23.3 Å². The van der Waals surface area contributed by atoms with Gasteiger partial charge in [-0.05, 0) is 18.2 Å². The van der Waals surface area contributed by atoms with Gasteiger partial charge in [0.25, 0.3) is 0 Å². The fourth-order valence-electron chi connectivity index (χ4n) is 1.73. The van der Waals surface area contributed by atoms with Gasteiger partial charge in [-0.1, -0.05) is 17.7 Å². The molecule has 2 aromatic rings. The van der Waals surface area contributed by atoms with E-state index in [2.05, 4.69) is 0 Å². The lowest BCUT2D eigenvalue weighted by Gasteiger charge is -2.09. The molecule has 0 spiro atoms. The van der Waals surface area contributed by atoms with E-state index < -0.39 is 22.4 Å². The number of nitro benzene ring substituents is 1. The molecule has 114 valence electrons. The van der Waals surface area contributed by atoms with Crippen LogP contribution in [0.25, 0.3) is 0 Å². The minimum atomic E-state index is -1.26. The number of carboxylic acids is 1. The van der Waals surface area contributed by atoms with E-state index in [1.807, 2.05) is 0 Å². The van der Waals surface area contributed by atoms with E-state index in [1.54, 1.807) is 0 Å². The third kappa shape index (κ3) is 3.32. The maximum absolute atomic E-state index is 13.6. The fourth-order valence-corrected chi connectivity index (χ4v) is 1.95. The molecule has 0 amide bonds. The molecule has 2 aromatic carbocycles. The Bertz CT molecular complexity index is 730. The average molecular weight is 326 g/mol. The monoisotopic (exact) mass is 325 g/mol. The van der Waals surface area contributed by atoms with Crippen molar-refractivity contribution in [2.75, 3.05) is 0 Å². The molecule has 0 saturated heterocycles. The summed E-state index contributed by atoms with van der Waals surface area (Å²) in [6.07, 6.45) is 0. The molecule has 0 aliphatic carbocycles. The van der Waals surface area contributed by atoms with Gasteiger partial charge in [-0.3, -0.25) is 10.1 Å². The molecule has 0 fully saturated rings. The maximum Gasteiger partial charge on any atom is 0.335 e. The molecule has 0 radical (unpaired) electrons. The molecule has 0 atom stereocenters. The fraction of sp³-hybridized carbons (Fsp3) is 0.0714. The van der Waals surface area contributed by atoms with Gasteiger partial charge in [0.15, 0.2) is 5.75 Å². The Kier molecular flexibility index (Phi) is 4.57. The summed E-state index contributed by atoms with van der Waals surface area (Å²) in [5.74, 6) is -2.16. The highest BCUT2D eigenvalue weighted by molar-refractivity contribution is 6.31. The molecule has 1 N–H and O–H groups in total. The van der Waals surface area contributed by atoms with Crippen LogP contribution in [-0.4, -0.2) is 16.0 Å². The Morgan fingerprint density at radius 3 is 2.68 bits per heavy atom. The molecule has 2 rings (SSSR count). The number of carbonyl (C=O) groups is 1. The molecule has 0 aliphatic rings. The maximum atomic E-state index is 13.6. The average Bonchev–Trinajstić information content (AvgIpc) is 2.46. The number of ether oxygens (including phenoxy) is 1. The zero-order chi connectivity index (χ0) is 16.3. The van der Waals surface area contributed by atoms with Crippen molar-refractivity contribution in [1.29, 1.82) is 0 Å². The first kappa shape index (κ1) is 15.7. The lowest BCUT2D eigenvalue weighted by atomic mass is 10.2. The summed E-state index contributed by atoms with van der Waals surface area (Å²) in [6.45, 7) is -0.366. The van der Waals surface area contributed by atoms with Gasteiger partial charge in [0.1, 0.15) is 12.4 Å². The van der Waals surface area contributed by atoms with Gasteiger partial charge in [0.05, 0.1) is 15.5 Å². The van der Waals surface area contributed by atoms with Crippen molar-refractivity contribution in [3.8, 4) is 5.75 Å². The second kappa shape index (κ2) is 6.40. The molecule has 0 unspecified atom stereocenters. The van der Waals surface area contributed by atoms with E-state index in [9.17, 15) is 19.3 Å². The second-order valence-corrected chi connectivity index (χ2v) is 4.64. The zero-order valence-electron chi connectivity index (χ0n) is 11.0. The van der Waals surface area contributed by atoms with Crippen LogP contribution in [0.3, 0.4) is 0 Å². The van der Waals surface area contributed by atoms with Crippen LogP contribution < -0.4 is 4.74 Å². The predicted molar refractivity (Wildman–Crippen MR) is 75.8 cm³/mol. The third-order valence-corrected chi connectivity index (χ3v) is 3.19. The van der Waals surface area contributed by atoms with Gasteiger partial charge in [-0.15, -0.1) is 0 Å². The van der Waals surface area contributed by atoms with Gasteiger partial charge in [0.2, 0.25) is 0 Å². The Morgan fingerprint density at radius 2 is 2.09 bits per heavy atom. The number of rotatable bonds is 5. The van der Waals surface area contributed by atoms with Crippen LogP contribution in [0.15, 0.2) is 36.4 Å². The highest BCUT2D eigenvalue weighted by atomic mass is 35.5. The van der Waals surface area contributed by atoms with Crippen LogP contribution in [-0.2, 0) is 6.61 Å². The number of hydrogen-bond donors (Lipinski definition) is 1. The van der Waals surface area contributed by atoms with Crippen LogP contribution in [0.1, 0.15) is 15.9 Å². The number of hydrogen-bond acceptors (Lipinski definition) is 4. The zero-order valence-corrected chi connectivity index (χ0v) is 11.7. The van der Waals surface area contributed by atoms with Crippen LogP contribution >= 0.6 is 11.6 Å². The lowest BCUT2D eigenvalue weighted by molar-refractivity contribution is -0.385. The second-order valence-electron chi connectivity index (χ2n) is 4.23. The van der Waals surface area contributed by atoms with Crippen LogP contribution in [0, 0.1) is 15.9 Å². The standard InChI is InChI=1S/C14H9ClFNO5/c15-10-2-1-3-11(16)9(10)7-22-13-6-8(14(18)19)4-5-12(13)17(20)21/h1-6H,7H2,(H,18,19). The van der Waals surface area contributed by atoms with Gasteiger partial charge in [-0.25, -0.2) is 9.18 Å². The Labute approximate surface area is 128 Å². The summed E-state index contributed by atoms with van der Waals surface area (Å²) >= 11 is 5.83. The first-order chi connectivity index (χ1) is 10.4. The minimum Gasteiger partial charge on any atom is -0.482 e. The number of carboxylic acid groups (broad SMARTS) is 1. The SMILES string of the molecule is O=C(O)c1ccc([N+](=O)[O-])c(OCc2c(F)cccc2Cl)c1. The van der Waals surface area contributed by atoms with Crippen LogP contribution in [0.2, 0.25) is 5.02 Å². The number of halogens is 2. The third-order valence-electron chi connectivity index (χ3n) is 2.84. The van der Waals surface area contributed by atoms with Gasteiger partial charge < -0.3 is 9.84 Å². The molecular weight excluding hydrogens is 317 g/mol. The van der Waals surface area contributed by atoms with E-state index in [0.29, 0.717) is 0 Å². The highest BCUT2D eigenvalue weighted by Gasteiger charge is 2.19. The van der Waals surface area contributed by atoms with Crippen LogP contribution in [0.4, 0.5) is 10.1 Å². The molecule has 6 nitrogen and oxygen atoms in total. The number of aromatic carboxylic acids is 1. The normalized spacial score (nSPS) is 10.3. The summed E-state index contributed by atoms with van der Waals surface area (Å²) < 4.78 is 18.8. The minimum absolute atomic E-state index is 0.0270. The first-order valence-electron chi connectivity index (χ1n) is 5.97. The van der Waals surface area contributed by atoms with E-state index in [4.69, 9.17) is 21.4 Å². The van der Waals surface area contributed by atoms with Crippen molar-refractivity contribution < 1.29 is 24.0 Å². The van der Waals surface area contributed by atoms with Gasteiger partial charge in [-0.2, -0.15) is 0 Å². The lowest BCUT2D eigenvalue weighted by Crippen LogP contribution is -2.04. The van der Waals surface area contributed by atoms with E-state index in [1.165, 1.54) is 18.2 Å². The van der Waals surface area contributed by atoms with Crippen molar-refractivity contribution in [1.82, 2.24) is 0 Å². The molecule has 0 saturated carbocycles. The quantitative estimate of drug-likeness (QED) is 0.669. The number of nitrogens with zero attached hydrogens (tertiary/aromatic N) is 1. The molecule has 22 heavy (non-hydrogen) atoms. The Morgan fingerprint density at radius 1 is 1.36 bits per heavy atom. The van der Waals surface area contributed by atoms with Crippen molar-refractivity contribution in [3.63, 3.8) is 0 Å². The molecule has 0 aromatic heterocycles. The van der Waals surface area contributed by atoms with E-state index >= 15 is 0 Å². The van der Waals surface area contributed by atoms with Gasteiger partial charge in [0, 0.05) is 17.7 Å². The Hall–Kier alpha value is -2.67. The topological polar surface area (TPSA) is 89.7 Å². The van der Waals surface area contributed by atoms with Crippen molar-refractivity contribution in [2.24, 2.45) is 0 Å².